The second-order valence-corrected chi connectivity index (χ2v) is 10.1. The smallest absolute Gasteiger partial charge is 0.150 e. The van der Waals surface area contributed by atoms with Gasteiger partial charge in [-0.2, -0.15) is 0 Å². The monoisotopic (exact) mass is 351 g/mol. The molecule has 0 aromatic carbocycles. The molecule has 2 aliphatic rings. The van der Waals surface area contributed by atoms with E-state index in [0.29, 0.717) is 6.42 Å². The Morgan fingerprint density at radius 1 is 1.22 bits per heavy atom. The standard InChI is InChI=1S/C16H21N3O2S2/c1-23(20,21)11-5-2-4-10(8-11)19-15-14-12-6-3-7-13(12)22-16(14)18-9-17-15/h9-11H,2-8H2,1H3,(H,17,18,19). The maximum Gasteiger partial charge on any atom is 0.150 e. The van der Waals surface area contributed by atoms with E-state index in [1.807, 2.05) is 0 Å². The summed E-state index contributed by atoms with van der Waals surface area (Å²) in [7, 11) is -2.96. The fraction of sp³-hybridized carbons (Fsp3) is 0.625. The van der Waals surface area contributed by atoms with Crippen molar-refractivity contribution in [2.75, 3.05) is 11.6 Å². The molecule has 2 atom stereocenters. The summed E-state index contributed by atoms with van der Waals surface area (Å²) in [6.45, 7) is 0. The number of anilines is 1. The van der Waals surface area contributed by atoms with Crippen LogP contribution in [0.5, 0.6) is 0 Å². The number of nitrogens with zero attached hydrogens (tertiary/aromatic N) is 2. The molecule has 2 aromatic rings. The quantitative estimate of drug-likeness (QED) is 0.920. The maximum absolute atomic E-state index is 11.9. The molecule has 2 aromatic heterocycles. The Hall–Kier alpha value is -1.21. The maximum atomic E-state index is 11.9. The van der Waals surface area contributed by atoms with E-state index < -0.39 is 9.84 Å². The third-order valence-electron chi connectivity index (χ3n) is 5.07. The van der Waals surface area contributed by atoms with Crippen molar-refractivity contribution >= 4 is 37.2 Å². The van der Waals surface area contributed by atoms with E-state index in [1.165, 1.54) is 28.5 Å². The number of hydrogen-bond donors (Lipinski definition) is 1. The summed E-state index contributed by atoms with van der Waals surface area (Å²) in [5.41, 5.74) is 1.41. The fourth-order valence-electron chi connectivity index (χ4n) is 3.90. The van der Waals surface area contributed by atoms with Gasteiger partial charge in [0, 0.05) is 17.2 Å². The Balaban J connectivity index is 1.63. The second-order valence-electron chi connectivity index (χ2n) is 6.72. The zero-order chi connectivity index (χ0) is 16.0. The molecular weight excluding hydrogens is 330 g/mol. The largest absolute Gasteiger partial charge is 0.367 e. The van der Waals surface area contributed by atoms with Crippen molar-refractivity contribution in [3.05, 3.63) is 16.8 Å². The van der Waals surface area contributed by atoms with Gasteiger partial charge in [0.2, 0.25) is 0 Å². The Morgan fingerprint density at radius 2 is 2.09 bits per heavy atom. The van der Waals surface area contributed by atoms with Crippen LogP contribution in [0.15, 0.2) is 6.33 Å². The zero-order valence-corrected chi connectivity index (χ0v) is 14.8. The van der Waals surface area contributed by atoms with E-state index in [-0.39, 0.29) is 11.3 Å². The first kappa shape index (κ1) is 15.3. The number of sulfone groups is 1. The van der Waals surface area contributed by atoms with Crippen LogP contribution in [0.1, 0.15) is 42.5 Å². The van der Waals surface area contributed by atoms with Gasteiger partial charge in [-0.15, -0.1) is 11.3 Å². The lowest BCUT2D eigenvalue weighted by atomic mass is 9.95. The molecule has 2 aliphatic carbocycles. The molecule has 1 fully saturated rings. The molecule has 7 heteroatoms. The molecule has 124 valence electrons. The fourth-order valence-corrected chi connectivity index (χ4v) is 6.30. The average Bonchev–Trinajstić information content (AvgIpc) is 3.07. The first-order chi connectivity index (χ1) is 11.0. The van der Waals surface area contributed by atoms with Gasteiger partial charge >= 0.3 is 0 Å². The van der Waals surface area contributed by atoms with Gasteiger partial charge in [-0.3, -0.25) is 0 Å². The predicted octanol–water partition coefficient (Wildman–Crippen LogP) is 2.95. The van der Waals surface area contributed by atoms with Crippen LogP contribution in [0.3, 0.4) is 0 Å². The molecule has 0 spiro atoms. The minimum atomic E-state index is -2.96. The van der Waals surface area contributed by atoms with Crippen LogP contribution < -0.4 is 5.32 Å². The summed E-state index contributed by atoms with van der Waals surface area (Å²) in [4.78, 5) is 11.4. The first-order valence-electron chi connectivity index (χ1n) is 8.23. The second kappa shape index (κ2) is 5.70. The Bertz CT molecular complexity index is 844. The number of rotatable bonds is 3. The van der Waals surface area contributed by atoms with Crippen molar-refractivity contribution in [2.24, 2.45) is 0 Å². The molecule has 5 nitrogen and oxygen atoms in total. The SMILES string of the molecule is CS(=O)(=O)C1CCCC(Nc2ncnc3sc4c(c23)CCC4)C1. The molecule has 23 heavy (non-hydrogen) atoms. The van der Waals surface area contributed by atoms with E-state index in [9.17, 15) is 8.42 Å². The van der Waals surface area contributed by atoms with Crippen LogP contribution in [0.2, 0.25) is 0 Å². The van der Waals surface area contributed by atoms with Crippen molar-refractivity contribution in [1.29, 1.82) is 0 Å². The van der Waals surface area contributed by atoms with Crippen LogP contribution in [0, 0.1) is 0 Å². The summed E-state index contributed by atoms with van der Waals surface area (Å²) in [5.74, 6) is 0.897. The molecular formula is C16H21N3O2S2. The lowest BCUT2D eigenvalue weighted by Gasteiger charge is -2.29. The molecule has 2 heterocycles. The highest BCUT2D eigenvalue weighted by atomic mass is 32.2. The Kier molecular flexibility index (Phi) is 3.80. The van der Waals surface area contributed by atoms with Gasteiger partial charge < -0.3 is 5.32 Å². The number of thiophene rings is 1. The molecule has 4 rings (SSSR count). The van der Waals surface area contributed by atoms with Crippen molar-refractivity contribution in [3.8, 4) is 0 Å². The van der Waals surface area contributed by atoms with Gasteiger partial charge in [0.1, 0.15) is 26.8 Å². The van der Waals surface area contributed by atoms with Crippen molar-refractivity contribution in [3.63, 3.8) is 0 Å². The van der Waals surface area contributed by atoms with Crippen molar-refractivity contribution < 1.29 is 8.42 Å². The number of hydrogen-bond acceptors (Lipinski definition) is 6. The number of aromatic nitrogens is 2. The summed E-state index contributed by atoms with van der Waals surface area (Å²) >= 11 is 1.78. The minimum absolute atomic E-state index is 0.179. The van der Waals surface area contributed by atoms with E-state index in [1.54, 1.807) is 17.7 Å². The Morgan fingerprint density at radius 3 is 2.91 bits per heavy atom. The molecule has 0 amide bonds. The molecule has 2 unspecified atom stereocenters. The van der Waals surface area contributed by atoms with Gasteiger partial charge in [-0.05, 0) is 44.1 Å². The molecule has 0 radical (unpaired) electrons. The molecule has 0 bridgehead atoms. The first-order valence-corrected chi connectivity index (χ1v) is 11.0. The van der Waals surface area contributed by atoms with Crippen LogP contribution in [-0.2, 0) is 22.7 Å². The topological polar surface area (TPSA) is 72.0 Å². The van der Waals surface area contributed by atoms with Crippen molar-refractivity contribution in [2.45, 2.75) is 56.2 Å². The highest BCUT2D eigenvalue weighted by Crippen LogP contribution is 2.39. The molecule has 0 aliphatic heterocycles. The summed E-state index contributed by atoms with van der Waals surface area (Å²) < 4.78 is 23.7. The average molecular weight is 351 g/mol. The molecule has 1 N–H and O–H groups in total. The van der Waals surface area contributed by atoms with Crippen LogP contribution >= 0.6 is 11.3 Å². The normalized spacial score (nSPS) is 24.7. The summed E-state index contributed by atoms with van der Waals surface area (Å²) in [6.07, 6.45) is 9.85. The number of nitrogens with one attached hydrogen (secondary N) is 1. The van der Waals surface area contributed by atoms with Crippen LogP contribution in [0.4, 0.5) is 5.82 Å². The van der Waals surface area contributed by atoms with Crippen LogP contribution in [-0.4, -0.2) is 35.9 Å². The number of aryl methyl sites for hydroxylation is 2. The summed E-state index contributed by atoms with van der Waals surface area (Å²) in [5, 5.41) is 4.48. The third kappa shape index (κ3) is 2.85. The highest BCUT2D eigenvalue weighted by molar-refractivity contribution is 7.91. The Labute approximate surface area is 140 Å². The highest BCUT2D eigenvalue weighted by Gasteiger charge is 2.30. The zero-order valence-electron chi connectivity index (χ0n) is 13.2. The molecule has 0 saturated heterocycles. The predicted molar refractivity (Wildman–Crippen MR) is 94.0 cm³/mol. The van der Waals surface area contributed by atoms with Gasteiger partial charge in [0.25, 0.3) is 0 Å². The van der Waals surface area contributed by atoms with Gasteiger partial charge in [-0.1, -0.05) is 6.42 Å². The van der Waals surface area contributed by atoms with Gasteiger partial charge in [0.05, 0.1) is 10.6 Å². The van der Waals surface area contributed by atoms with Gasteiger partial charge in [-0.25, -0.2) is 18.4 Å². The van der Waals surface area contributed by atoms with E-state index in [0.717, 1.165) is 42.8 Å². The summed E-state index contributed by atoms with van der Waals surface area (Å²) in [6, 6.07) is 0.179. The lowest BCUT2D eigenvalue weighted by Crippen LogP contribution is -2.34. The third-order valence-corrected chi connectivity index (χ3v) is 7.91. The van der Waals surface area contributed by atoms with Gasteiger partial charge in [0.15, 0.2) is 0 Å². The minimum Gasteiger partial charge on any atom is -0.367 e. The number of fused-ring (bicyclic) bond motifs is 3. The molecule has 1 saturated carbocycles. The van der Waals surface area contributed by atoms with E-state index in [4.69, 9.17) is 0 Å². The van der Waals surface area contributed by atoms with Crippen LogP contribution in [0.25, 0.3) is 10.2 Å². The van der Waals surface area contributed by atoms with E-state index >= 15 is 0 Å². The lowest BCUT2D eigenvalue weighted by molar-refractivity contribution is 0.452. The van der Waals surface area contributed by atoms with Crippen molar-refractivity contribution in [1.82, 2.24) is 9.97 Å². The van der Waals surface area contributed by atoms with E-state index in [2.05, 4.69) is 15.3 Å².